The first-order chi connectivity index (χ1) is 15.5. The van der Waals surface area contributed by atoms with E-state index < -0.39 is 0 Å². The highest BCUT2D eigenvalue weighted by Gasteiger charge is 2.20. The van der Waals surface area contributed by atoms with E-state index in [0.717, 1.165) is 37.1 Å². The van der Waals surface area contributed by atoms with Crippen LogP contribution in [0.5, 0.6) is 11.5 Å². The molecule has 0 unspecified atom stereocenters. The van der Waals surface area contributed by atoms with Gasteiger partial charge in [-0.15, -0.1) is 0 Å². The zero-order valence-corrected chi connectivity index (χ0v) is 19.0. The summed E-state index contributed by atoms with van der Waals surface area (Å²) >= 11 is 0. The first kappa shape index (κ1) is 23.8. The first-order valence-corrected chi connectivity index (χ1v) is 11.0. The summed E-state index contributed by atoms with van der Waals surface area (Å²) in [5, 5.41) is 6.69. The molecule has 6 nitrogen and oxygen atoms in total. The van der Waals surface area contributed by atoms with E-state index in [1.54, 1.807) is 25.2 Å². The minimum absolute atomic E-state index is 0.267. The van der Waals surface area contributed by atoms with E-state index in [1.807, 2.05) is 19.1 Å². The summed E-state index contributed by atoms with van der Waals surface area (Å²) in [6.07, 6.45) is 1.91. The summed E-state index contributed by atoms with van der Waals surface area (Å²) in [5.74, 6) is 0.531. The quantitative estimate of drug-likeness (QED) is 0.478. The van der Waals surface area contributed by atoms with E-state index in [0.29, 0.717) is 31.7 Å². The lowest BCUT2D eigenvalue weighted by molar-refractivity contribution is 0.198. The van der Waals surface area contributed by atoms with Crippen LogP contribution in [0.25, 0.3) is 0 Å². The van der Waals surface area contributed by atoms with Gasteiger partial charge < -0.3 is 20.1 Å². The molecule has 1 aliphatic heterocycles. The fraction of sp³-hybridized carbons (Fsp3) is 0.458. The topological polar surface area (TPSA) is 58.1 Å². The lowest BCUT2D eigenvalue weighted by Gasteiger charge is -2.33. The Labute approximate surface area is 188 Å². The molecule has 32 heavy (non-hydrogen) atoms. The predicted octanol–water partition coefficient (Wildman–Crippen LogP) is 3.70. The molecule has 8 heteroatoms. The molecule has 0 bridgehead atoms. The first-order valence-electron chi connectivity index (χ1n) is 11.0. The van der Waals surface area contributed by atoms with E-state index >= 15 is 0 Å². The highest BCUT2D eigenvalue weighted by molar-refractivity contribution is 5.79. The third-order valence-corrected chi connectivity index (χ3v) is 5.53. The number of nitrogens with zero attached hydrogens (tertiary/aromatic N) is 2. The van der Waals surface area contributed by atoms with Crippen molar-refractivity contribution in [1.82, 2.24) is 15.5 Å². The number of rotatable bonds is 8. The average molecular weight is 447 g/mol. The second-order valence-corrected chi connectivity index (χ2v) is 7.79. The molecule has 0 spiro atoms. The van der Waals surface area contributed by atoms with Gasteiger partial charge in [-0.1, -0.05) is 12.1 Å². The highest BCUT2D eigenvalue weighted by atomic mass is 19.1. The number of piperidine rings is 1. The van der Waals surface area contributed by atoms with Crippen LogP contribution in [-0.4, -0.2) is 50.8 Å². The number of methoxy groups -OCH3 is 1. The Morgan fingerprint density at radius 3 is 2.34 bits per heavy atom. The molecule has 1 heterocycles. The van der Waals surface area contributed by atoms with E-state index in [9.17, 15) is 8.78 Å². The molecular formula is C24H32F2N4O2. The van der Waals surface area contributed by atoms with Gasteiger partial charge in [0.2, 0.25) is 0 Å². The molecular weight excluding hydrogens is 414 g/mol. The standard InChI is InChI=1S/C24H32F2N4O2/c1-4-32-23-8-5-17(13-21(23)26)15-28-24(27-2)29-19-9-11-30(12-10-19)16-18-6-7-22(31-3)20(25)14-18/h5-8,13-14,19H,4,9-12,15-16H2,1-3H3,(H2,27,28,29). The minimum Gasteiger partial charge on any atom is -0.494 e. The van der Waals surface area contributed by atoms with Crippen LogP contribution in [0.15, 0.2) is 41.4 Å². The van der Waals surface area contributed by atoms with Crippen molar-refractivity contribution >= 4 is 5.96 Å². The molecule has 2 aromatic carbocycles. The molecule has 0 atom stereocenters. The molecule has 0 amide bonds. The number of hydrogen-bond acceptors (Lipinski definition) is 4. The Morgan fingerprint density at radius 1 is 1.06 bits per heavy atom. The summed E-state index contributed by atoms with van der Waals surface area (Å²) < 4.78 is 38.2. The lowest BCUT2D eigenvalue weighted by Crippen LogP contribution is -2.48. The molecule has 1 saturated heterocycles. The Hall–Kier alpha value is -2.87. The molecule has 1 aliphatic rings. The second kappa shape index (κ2) is 11.7. The second-order valence-electron chi connectivity index (χ2n) is 7.79. The minimum atomic E-state index is -0.363. The van der Waals surface area contributed by atoms with E-state index in [2.05, 4.69) is 20.5 Å². The van der Waals surface area contributed by atoms with Crippen LogP contribution in [0.2, 0.25) is 0 Å². The maximum atomic E-state index is 14.0. The van der Waals surface area contributed by atoms with Gasteiger partial charge in [-0.2, -0.15) is 0 Å². The van der Waals surface area contributed by atoms with E-state index in [-0.39, 0.29) is 23.1 Å². The summed E-state index contributed by atoms with van der Waals surface area (Å²) in [4.78, 5) is 6.61. The maximum Gasteiger partial charge on any atom is 0.191 e. The molecule has 174 valence electrons. The Kier molecular flexibility index (Phi) is 8.67. The van der Waals surface area contributed by atoms with Crippen LogP contribution in [0, 0.1) is 11.6 Å². The summed E-state index contributed by atoms with van der Waals surface area (Å²) in [5.41, 5.74) is 1.75. The number of hydrogen-bond donors (Lipinski definition) is 2. The molecule has 0 radical (unpaired) electrons. The van der Waals surface area contributed by atoms with Crippen LogP contribution in [0.1, 0.15) is 30.9 Å². The van der Waals surface area contributed by atoms with Crippen molar-refractivity contribution in [2.24, 2.45) is 4.99 Å². The number of halogens is 2. The van der Waals surface area contributed by atoms with Gasteiger partial charge in [-0.25, -0.2) is 8.78 Å². The highest BCUT2D eigenvalue weighted by Crippen LogP contribution is 2.21. The van der Waals surface area contributed by atoms with Gasteiger partial charge >= 0.3 is 0 Å². The van der Waals surface area contributed by atoms with Crippen LogP contribution in [-0.2, 0) is 13.1 Å². The zero-order chi connectivity index (χ0) is 22.9. The van der Waals surface area contributed by atoms with Gasteiger partial charge in [-0.3, -0.25) is 9.89 Å². The summed E-state index contributed by atoms with van der Waals surface area (Å²) in [6, 6.07) is 10.4. The molecule has 0 aliphatic carbocycles. The van der Waals surface area contributed by atoms with Gasteiger partial charge in [0, 0.05) is 39.3 Å². The van der Waals surface area contributed by atoms with Crippen molar-refractivity contribution in [2.45, 2.75) is 38.9 Å². The molecule has 0 aromatic heterocycles. The molecule has 1 fully saturated rings. The van der Waals surface area contributed by atoms with Crippen molar-refractivity contribution < 1.29 is 18.3 Å². The van der Waals surface area contributed by atoms with Gasteiger partial charge in [0.1, 0.15) is 0 Å². The number of benzene rings is 2. The number of ether oxygens (including phenoxy) is 2. The Bertz CT molecular complexity index is 915. The van der Waals surface area contributed by atoms with Crippen LogP contribution < -0.4 is 20.1 Å². The summed E-state index contributed by atoms with van der Waals surface area (Å²) in [7, 11) is 3.19. The van der Waals surface area contributed by atoms with E-state index in [1.165, 1.54) is 13.2 Å². The number of nitrogens with one attached hydrogen (secondary N) is 2. The Balaban J connectivity index is 1.44. The number of guanidine groups is 1. The average Bonchev–Trinajstić information content (AvgIpc) is 2.79. The largest absolute Gasteiger partial charge is 0.494 e. The van der Waals surface area contributed by atoms with Crippen molar-refractivity contribution in [3.63, 3.8) is 0 Å². The third-order valence-electron chi connectivity index (χ3n) is 5.53. The number of likely N-dealkylation sites (tertiary alicyclic amines) is 1. The fourth-order valence-corrected chi connectivity index (χ4v) is 3.80. The normalized spacial score (nSPS) is 15.5. The summed E-state index contributed by atoms with van der Waals surface area (Å²) in [6.45, 7) is 5.25. The molecule has 2 aromatic rings. The molecule has 0 saturated carbocycles. The van der Waals surface area contributed by atoms with Crippen LogP contribution in [0.4, 0.5) is 8.78 Å². The monoisotopic (exact) mass is 446 g/mol. The molecule has 3 rings (SSSR count). The third kappa shape index (κ3) is 6.56. The van der Waals surface area contributed by atoms with Crippen LogP contribution >= 0.6 is 0 Å². The zero-order valence-electron chi connectivity index (χ0n) is 19.0. The number of aliphatic imine (C=N–C) groups is 1. The lowest BCUT2D eigenvalue weighted by atomic mass is 10.0. The van der Waals surface area contributed by atoms with Gasteiger partial charge in [0.25, 0.3) is 0 Å². The maximum absolute atomic E-state index is 14.0. The smallest absolute Gasteiger partial charge is 0.191 e. The van der Waals surface area contributed by atoms with Gasteiger partial charge in [0.05, 0.1) is 13.7 Å². The predicted molar refractivity (Wildman–Crippen MR) is 122 cm³/mol. The molecule has 2 N–H and O–H groups in total. The SMILES string of the molecule is CCOc1ccc(CNC(=NC)NC2CCN(Cc3ccc(OC)c(F)c3)CC2)cc1F. The van der Waals surface area contributed by atoms with E-state index in [4.69, 9.17) is 9.47 Å². The van der Waals surface area contributed by atoms with Gasteiger partial charge in [-0.05, 0) is 55.2 Å². The fourth-order valence-electron chi connectivity index (χ4n) is 3.80. The van der Waals surface area contributed by atoms with Crippen LogP contribution in [0.3, 0.4) is 0 Å². The van der Waals surface area contributed by atoms with Crippen molar-refractivity contribution in [3.8, 4) is 11.5 Å². The van der Waals surface area contributed by atoms with Gasteiger partial charge in [0.15, 0.2) is 29.1 Å². The van der Waals surface area contributed by atoms with Crippen molar-refractivity contribution in [2.75, 3.05) is 33.9 Å². The van der Waals surface area contributed by atoms with Crippen molar-refractivity contribution in [3.05, 3.63) is 59.2 Å². The Morgan fingerprint density at radius 2 is 1.72 bits per heavy atom. The van der Waals surface area contributed by atoms with Crippen molar-refractivity contribution in [1.29, 1.82) is 0 Å².